The van der Waals surface area contributed by atoms with Crippen molar-refractivity contribution in [3.63, 3.8) is 0 Å². The molecule has 0 saturated carbocycles. The van der Waals surface area contributed by atoms with Crippen LogP contribution in [0.3, 0.4) is 0 Å². The molecule has 0 saturated heterocycles. The van der Waals surface area contributed by atoms with Gasteiger partial charge < -0.3 is 10.3 Å². The smallest absolute Gasteiger partial charge is 0.127 e. The van der Waals surface area contributed by atoms with Gasteiger partial charge in [0.25, 0.3) is 0 Å². The summed E-state index contributed by atoms with van der Waals surface area (Å²) < 4.78 is 32.3. The molecule has 0 amide bonds. The fourth-order valence-electron chi connectivity index (χ4n) is 1.19. The van der Waals surface area contributed by atoms with E-state index in [1.807, 2.05) is 31.2 Å². The molecule has 0 heterocycles. The molecule has 2 rings (SSSR count). The summed E-state index contributed by atoms with van der Waals surface area (Å²) in [6.07, 6.45) is 0. The van der Waals surface area contributed by atoms with Crippen molar-refractivity contribution in [3.05, 3.63) is 58.6 Å². The van der Waals surface area contributed by atoms with Crippen LogP contribution >= 0.6 is 15.9 Å². The van der Waals surface area contributed by atoms with E-state index in [4.69, 9.17) is 0 Å². The van der Waals surface area contributed by atoms with Gasteiger partial charge in [-0.2, -0.15) is 0 Å². The minimum atomic E-state index is -4.27. The number of quaternary nitrogens is 1. The Balaban J connectivity index is 0.000000200. The first-order chi connectivity index (χ1) is 8.79. The highest BCUT2D eigenvalue weighted by Gasteiger charge is 1.97. The van der Waals surface area contributed by atoms with Crippen molar-refractivity contribution in [2.45, 2.75) is 11.8 Å². The molecule has 6 heteroatoms. The second-order valence-corrected chi connectivity index (χ2v) is 6.19. The van der Waals surface area contributed by atoms with Crippen molar-refractivity contribution in [2.24, 2.45) is 0 Å². The number of rotatable bonds is 1. The summed E-state index contributed by atoms with van der Waals surface area (Å²) in [5, 5.41) is 0. The molecule has 0 atom stereocenters. The van der Waals surface area contributed by atoms with Gasteiger partial charge in [-0.25, -0.2) is 8.42 Å². The summed E-state index contributed by atoms with van der Waals surface area (Å²) in [4.78, 5) is -0.178. The quantitative estimate of drug-likeness (QED) is 0.805. The Morgan fingerprint density at radius 1 is 1.00 bits per heavy atom. The van der Waals surface area contributed by atoms with Crippen molar-refractivity contribution in [1.82, 2.24) is 0 Å². The van der Waals surface area contributed by atoms with Crippen LogP contribution in [0.1, 0.15) is 5.56 Å². The summed E-state index contributed by atoms with van der Waals surface area (Å²) in [5.74, 6) is 0. The van der Waals surface area contributed by atoms with Crippen molar-refractivity contribution >= 4 is 31.7 Å². The third kappa shape index (κ3) is 5.98. The molecular weight excluding hydrogens is 330 g/mol. The molecule has 3 N–H and O–H groups in total. The van der Waals surface area contributed by atoms with Gasteiger partial charge in [-0.1, -0.05) is 33.6 Å². The molecule has 0 spiro atoms. The highest BCUT2D eigenvalue weighted by molar-refractivity contribution is 9.10. The van der Waals surface area contributed by atoms with Crippen molar-refractivity contribution in [2.75, 3.05) is 0 Å². The average molecular weight is 344 g/mol. The minimum Gasteiger partial charge on any atom is -0.744 e. The van der Waals surface area contributed by atoms with Gasteiger partial charge in [-0.15, -0.1) is 0 Å². The zero-order chi connectivity index (χ0) is 14.5. The van der Waals surface area contributed by atoms with Gasteiger partial charge in [0.2, 0.25) is 0 Å². The molecule has 0 unspecified atom stereocenters. The van der Waals surface area contributed by atoms with Crippen molar-refractivity contribution in [3.8, 4) is 0 Å². The maximum Gasteiger partial charge on any atom is 0.127 e. The Labute approximate surface area is 121 Å². The van der Waals surface area contributed by atoms with Crippen LogP contribution in [0.5, 0.6) is 0 Å². The van der Waals surface area contributed by atoms with Crippen LogP contribution in [-0.2, 0) is 10.1 Å². The van der Waals surface area contributed by atoms with Gasteiger partial charge in [0.15, 0.2) is 0 Å². The largest absolute Gasteiger partial charge is 0.744 e. The Hall–Kier alpha value is -1.21. The normalized spacial score (nSPS) is 10.5. The van der Waals surface area contributed by atoms with Crippen LogP contribution in [0.2, 0.25) is 0 Å². The lowest BCUT2D eigenvalue weighted by Gasteiger charge is -2.05. The fraction of sp³-hybridized carbons (Fsp3) is 0.0769. The first-order valence-corrected chi connectivity index (χ1v) is 7.59. The predicted octanol–water partition coefficient (Wildman–Crippen LogP) is 2.22. The zero-order valence-corrected chi connectivity index (χ0v) is 12.7. The van der Waals surface area contributed by atoms with Crippen molar-refractivity contribution in [1.29, 1.82) is 0 Å². The molecular formula is C13H14BrNO3S. The predicted molar refractivity (Wildman–Crippen MR) is 75.8 cm³/mol. The van der Waals surface area contributed by atoms with E-state index in [0.29, 0.717) is 0 Å². The number of aryl methyl sites for hydroxylation is 1. The molecule has 0 aliphatic rings. The van der Waals surface area contributed by atoms with E-state index in [9.17, 15) is 13.0 Å². The van der Waals surface area contributed by atoms with E-state index >= 15 is 0 Å². The summed E-state index contributed by atoms with van der Waals surface area (Å²) in [5.41, 5.74) is 5.72. The maximum atomic E-state index is 10.4. The van der Waals surface area contributed by atoms with E-state index in [2.05, 4.69) is 21.7 Å². The van der Waals surface area contributed by atoms with E-state index in [0.717, 1.165) is 15.7 Å². The third-order valence-electron chi connectivity index (χ3n) is 2.22. The number of hydrogen-bond donors (Lipinski definition) is 1. The highest BCUT2D eigenvalue weighted by Crippen LogP contribution is 2.09. The van der Waals surface area contributed by atoms with Crippen LogP contribution in [0, 0.1) is 6.92 Å². The summed E-state index contributed by atoms with van der Waals surface area (Å²) in [7, 11) is -4.27. The van der Waals surface area contributed by atoms with Crippen LogP contribution in [-0.4, -0.2) is 13.0 Å². The first-order valence-electron chi connectivity index (χ1n) is 5.39. The zero-order valence-electron chi connectivity index (χ0n) is 10.3. The molecule has 4 nitrogen and oxygen atoms in total. The molecule has 19 heavy (non-hydrogen) atoms. The molecule has 0 aromatic heterocycles. The highest BCUT2D eigenvalue weighted by atomic mass is 79.9. The van der Waals surface area contributed by atoms with Gasteiger partial charge in [0, 0.05) is 4.47 Å². The standard InChI is InChI=1S/C7H8O3S.C6H6BrN/c1-6-2-4-7(5-3-6)11(8,9)10;7-5-1-3-6(8)4-2-5/h2-5H,1H3,(H,8,9,10);1-4H,8H2. The Kier molecular flexibility index (Phi) is 5.68. The van der Waals surface area contributed by atoms with E-state index in [1.165, 1.54) is 12.1 Å². The van der Waals surface area contributed by atoms with Crippen LogP contribution in [0.4, 0.5) is 5.69 Å². The lowest BCUT2D eigenvalue weighted by atomic mass is 10.2. The first kappa shape index (κ1) is 15.8. The molecule has 0 aliphatic carbocycles. The van der Waals surface area contributed by atoms with Crippen LogP contribution in [0.15, 0.2) is 57.9 Å². The molecule has 2 aromatic rings. The fourth-order valence-corrected chi connectivity index (χ4v) is 1.92. The van der Waals surface area contributed by atoms with Gasteiger partial charge in [0.1, 0.15) is 15.8 Å². The van der Waals surface area contributed by atoms with Crippen LogP contribution in [0.25, 0.3) is 0 Å². The second-order valence-electron chi connectivity index (χ2n) is 3.89. The maximum absolute atomic E-state index is 10.4. The molecule has 0 fully saturated rings. The van der Waals surface area contributed by atoms with Gasteiger partial charge in [-0.3, -0.25) is 0 Å². The van der Waals surface area contributed by atoms with Crippen LogP contribution < -0.4 is 5.73 Å². The summed E-state index contributed by atoms with van der Waals surface area (Å²) in [6.45, 7) is 1.82. The van der Waals surface area contributed by atoms with Gasteiger partial charge >= 0.3 is 0 Å². The molecule has 0 bridgehead atoms. The second kappa shape index (κ2) is 6.81. The molecule has 102 valence electrons. The van der Waals surface area contributed by atoms with E-state index in [-0.39, 0.29) is 4.90 Å². The summed E-state index contributed by atoms with van der Waals surface area (Å²) in [6, 6.07) is 13.7. The monoisotopic (exact) mass is 343 g/mol. The summed E-state index contributed by atoms with van der Waals surface area (Å²) >= 11 is 3.32. The Bertz CT molecular complexity index is 601. The number of halogens is 1. The third-order valence-corrected chi connectivity index (χ3v) is 3.60. The average Bonchev–Trinajstić information content (AvgIpc) is 2.33. The topological polar surface area (TPSA) is 84.8 Å². The lowest BCUT2D eigenvalue weighted by Crippen LogP contribution is -2.39. The molecule has 2 aromatic carbocycles. The number of hydrogen-bond acceptors (Lipinski definition) is 3. The molecule has 0 radical (unpaired) electrons. The SMILES string of the molecule is Cc1ccc(S(=O)(=O)[O-])cc1.[NH3+]c1ccc(Br)cc1. The minimum absolute atomic E-state index is 0.178. The van der Waals surface area contributed by atoms with Crippen molar-refractivity contribution < 1.29 is 18.7 Å². The Morgan fingerprint density at radius 2 is 1.47 bits per heavy atom. The number of benzene rings is 2. The van der Waals surface area contributed by atoms with E-state index < -0.39 is 10.1 Å². The Morgan fingerprint density at radius 3 is 1.84 bits per heavy atom. The molecule has 0 aliphatic heterocycles. The van der Waals surface area contributed by atoms with Gasteiger partial charge in [-0.05, 0) is 43.3 Å². The lowest BCUT2D eigenvalue weighted by molar-refractivity contribution is -0.254. The van der Waals surface area contributed by atoms with E-state index in [1.54, 1.807) is 12.1 Å². The van der Waals surface area contributed by atoms with Gasteiger partial charge in [0.05, 0.1) is 4.90 Å².